The second-order valence-electron chi connectivity index (χ2n) is 4.92. The van der Waals surface area contributed by atoms with Gasteiger partial charge in [-0.3, -0.25) is 4.99 Å². The largest absolute Gasteiger partial charge is 0.355 e. The van der Waals surface area contributed by atoms with E-state index in [1.807, 2.05) is 44.2 Å². The summed E-state index contributed by atoms with van der Waals surface area (Å²) in [6.07, 6.45) is 0. The first-order chi connectivity index (χ1) is 9.93. The van der Waals surface area contributed by atoms with Crippen LogP contribution in [-0.2, 0) is 16.6 Å². The number of hydrogen-bond acceptors (Lipinski definition) is 3. The molecule has 6 nitrogen and oxygen atoms in total. The molecule has 22 heavy (non-hydrogen) atoms. The van der Waals surface area contributed by atoms with Crippen LogP contribution in [0.3, 0.4) is 0 Å². The van der Waals surface area contributed by atoms with E-state index >= 15 is 0 Å². The Morgan fingerprint density at radius 1 is 1.23 bits per heavy atom. The molecule has 0 heterocycles. The molecular formula is C14H25IN4O2S. The molecule has 3 N–H and O–H groups in total. The molecule has 0 saturated carbocycles. The Labute approximate surface area is 150 Å². The minimum Gasteiger partial charge on any atom is -0.355 e. The van der Waals surface area contributed by atoms with Crippen LogP contribution in [0.15, 0.2) is 35.3 Å². The SMILES string of the molecule is CN=C(NCCS(=O)(=O)NCc1ccccc1)NC(C)C.I. The Morgan fingerprint density at radius 2 is 1.86 bits per heavy atom. The number of aliphatic imine (C=N–C) groups is 1. The first-order valence-corrected chi connectivity index (χ1v) is 8.56. The zero-order chi connectivity index (χ0) is 15.7. The van der Waals surface area contributed by atoms with Gasteiger partial charge in [0.25, 0.3) is 0 Å². The molecule has 1 aromatic rings. The molecule has 0 spiro atoms. The Morgan fingerprint density at radius 3 is 2.41 bits per heavy atom. The van der Waals surface area contributed by atoms with E-state index in [4.69, 9.17) is 0 Å². The Hall–Kier alpha value is -0.870. The normalized spacial score (nSPS) is 11.9. The predicted molar refractivity (Wildman–Crippen MR) is 102 cm³/mol. The van der Waals surface area contributed by atoms with Crippen LogP contribution in [0.4, 0.5) is 0 Å². The van der Waals surface area contributed by atoms with Crippen LogP contribution >= 0.6 is 24.0 Å². The highest BCUT2D eigenvalue weighted by Gasteiger charge is 2.10. The molecule has 0 amide bonds. The van der Waals surface area contributed by atoms with Gasteiger partial charge >= 0.3 is 0 Å². The van der Waals surface area contributed by atoms with E-state index in [-0.39, 0.29) is 35.8 Å². The third-order valence-corrected chi connectivity index (χ3v) is 3.98. The van der Waals surface area contributed by atoms with Gasteiger partial charge in [-0.1, -0.05) is 30.3 Å². The summed E-state index contributed by atoms with van der Waals surface area (Å²) in [6.45, 7) is 4.59. The highest BCUT2D eigenvalue weighted by Crippen LogP contribution is 1.98. The molecule has 0 aromatic heterocycles. The van der Waals surface area contributed by atoms with Gasteiger partial charge in [0.2, 0.25) is 10.0 Å². The molecule has 0 aliphatic carbocycles. The lowest BCUT2D eigenvalue weighted by molar-refractivity contribution is 0.579. The maximum Gasteiger partial charge on any atom is 0.213 e. The average Bonchev–Trinajstić information content (AvgIpc) is 2.45. The molecule has 0 bridgehead atoms. The van der Waals surface area contributed by atoms with Crippen LogP contribution in [0.25, 0.3) is 0 Å². The van der Waals surface area contributed by atoms with Gasteiger partial charge in [-0.2, -0.15) is 0 Å². The van der Waals surface area contributed by atoms with Gasteiger partial charge in [-0.15, -0.1) is 24.0 Å². The fraction of sp³-hybridized carbons (Fsp3) is 0.500. The second-order valence-corrected chi connectivity index (χ2v) is 6.85. The Bertz CT molecular complexity index is 547. The minimum absolute atomic E-state index is 0. The van der Waals surface area contributed by atoms with Gasteiger partial charge in [-0.05, 0) is 19.4 Å². The quantitative estimate of drug-likeness (QED) is 0.339. The maximum absolute atomic E-state index is 11.9. The van der Waals surface area contributed by atoms with Crippen LogP contribution in [-0.4, -0.2) is 39.8 Å². The molecule has 0 aliphatic rings. The van der Waals surface area contributed by atoms with E-state index in [0.717, 1.165) is 5.56 Å². The van der Waals surface area contributed by atoms with E-state index < -0.39 is 10.0 Å². The standard InChI is InChI=1S/C14H24N4O2S.HI/c1-12(2)18-14(15-3)16-9-10-21(19,20)17-11-13-7-5-4-6-8-13;/h4-8,12,17H,9-11H2,1-3H3,(H2,15,16,18);1H. The van der Waals surface area contributed by atoms with Gasteiger partial charge in [0.05, 0.1) is 5.75 Å². The lowest BCUT2D eigenvalue weighted by Crippen LogP contribution is -2.43. The summed E-state index contributed by atoms with van der Waals surface area (Å²) in [5, 5.41) is 6.07. The monoisotopic (exact) mass is 440 g/mol. The molecule has 126 valence electrons. The first-order valence-electron chi connectivity index (χ1n) is 6.91. The van der Waals surface area contributed by atoms with Crippen molar-refractivity contribution < 1.29 is 8.42 Å². The van der Waals surface area contributed by atoms with Crippen LogP contribution in [0.1, 0.15) is 19.4 Å². The van der Waals surface area contributed by atoms with Crippen molar-refractivity contribution in [3.8, 4) is 0 Å². The van der Waals surface area contributed by atoms with E-state index in [9.17, 15) is 8.42 Å². The molecular weight excluding hydrogens is 415 g/mol. The highest BCUT2D eigenvalue weighted by atomic mass is 127. The fourth-order valence-corrected chi connectivity index (χ4v) is 2.53. The van der Waals surface area contributed by atoms with Gasteiger partial charge in [0.15, 0.2) is 5.96 Å². The van der Waals surface area contributed by atoms with Gasteiger partial charge in [-0.25, -0.2) is 13.1 Å². The van der Waals surface area contributed by atoms with Crippen LogP contribution in [0, 0.1) is 0 Å². The smallest absolute Gasteiger partial charge is 0.213 e. The van der Waals surface area contributed by atoms with E-state index in [0.29, 0.717) is 19.0 Å². The molecule has 0 fully saturated rings. The lowest BCUT2D eigenvalue weighted by atomic mass is 10.2. The molecule has 1 rings (SSSR count). The Kier molecular flexibility index (Phi) is 10.4. The van der Waals surface area contributed by atoms with Gasteiger partial charge in [0.1, 0.15) is 0 Å². The number of nitrogens with one attached hydrogen (secondary N) is 3. The molecule has 0 atom stereocenters. The summed E-state index contributed by atoms with van der Waals surface area (Å²) < 4.78 is 26.3. The molecule has 0 aliphatic heterocycles. The van der Waals surface area contributed by atoms with Gasteiger partial charge < -0.3 is 10.6 Å². The summed E-state index contributed by atoms with van der Waals surface area (Å²) in [6, 6.07) is 9.67. The van der Waals surface area contributed by atoms with Crippen molar-refractivity contribution in [2.24, 2.45) is 4.99 Å². The van der Waals surface area contributed by atoms with Crippen LogP contribution in [0.5, 0.6) is 0 Å². The van der Waals surface area contributed by atoms with Crippen molar-refractivity contribution in [2.45, 2.75) is 26.4 Å². The molecule has 1 aromatic carbocycles. The number of nitrogens with zero attached hydrogens (tertiary/aromatic N) is 1. The summed E-state index contributed by atoms with van der Waals surface area (Å²) in [7, 11) is -1.65. The first kappa shape index (κ1) is 21.1. The van der Waals surface area contributed by atoms with Crippen molar-refractivity contribution in [2.75, 3.05) is 19.3 Å². The second kappa shape index (κ2) is 10.8. The summed E-state index contributed by atoms with van der Waals surface area (Å²) in [4.78, 5) is 4.02. The predicted octanol–water partition coefficient (Wildman–Crippen LogP) is 1.30. The number of halogens is 1. The molecule has 0 unspecified atom stereocenters. The highest BCUT2D eigenvalue weighted by molar-refractivity contribution is 14.0. The van der Waals surface area contributed by atoms with Crippen molar-refractivity contribution >= 4 is 40.0 Å². The van der Waals surface area contributed by atoms with Crippen molar-refractivity contribution in [1.29, 1.82) is 0 Å². The van der Waals surface area contributed by atoms with E-state index in [1.54, 1.807) is 7.05 Å². The summed E-state index contributed by atoms with van der Waals surface area (Å²) in [5.41, 5.74) is 0.936. The van der Waals surface area contributed by atoms with Crippen LogP contribution in [0.2, 0.25) is 0 Å². The summed E-state index contributed by atoms with van der Waals surface area (Å²) in [5.74, 6) is 0.599. The summed E-state index contributed by atoms with van der Waals surface area (Å²) >= 11 is 0. The van der Waals surface area contributed by atoms with Crippen molar-refractivity contribution in [3.63, 3.8) is 0 Å². The molecule has 8 heteroatoms. The number of rotatable bonds is 7. The minimum atomic E-state index is -3.31. The maximum atomic E-state index is 11.9. The fourth-order valence-electron chi connectivity index (χ4n) is 1.63. The third-order valence-electron chi connectivity index (χ3n) is 2.65. The zero-order valence-corrected chi connectivity index (χ0v) is 16.3. The number of sulfonamides is 1. The number of benzene rings is 1. The third kappa shape index (κ3) is 9.21. The molecule has 0 radical (unpaired) electrons. The van der Waals surface area contributed by atoms with Crippen LogP contribution < -0.4 is 15.4 Å². The Balaban J connectivity index is 0.00000441. The zero-order valence-electron chi connectivity index (χ0n) is 13.2. The molecule has 0 saturated heterocycles. The van der Waals surface area contributed by atoms with Gasteiger partial charge in [0, 0.05) is 26.2 Å². The average molecular weight is 440 g/mol. The topological polar surface area (TPSA) is 82.6 Å². The van der Waals surface area contributed by atoms with E-state index in [2.05, 4.69) is 20.3 Å². The van der Waals surface area contributed by atoms with E-state index in [1.165, 1.54) is 0 Å². The van der Waals surface area contributed by atoms with Crippen molar-refractivity contribution in [3.05, 3.63) is 35.9 Å². The number of guanidine groups is 1. The number of hydrogen-bond donors (Lipinski definition) is 3. The lowest BCUT2D eigenvalue weighted by Gasteiger charge is -2.14. The van der Waals surface area contributed by atoms with Crippen molar-refractivity contribution in [1.82, 2.24) is 15.4 Å².